The van der Waals surface area contributed by atoms with Gasteiger partial charge in [0.05, 0.1) is 24.9 Å². The van der Waals surface area contributed by atoms with E-state index >= 15 is 0 Å². The molecule has 1 atom stereocenters. The summed E-state index contributed by atoms with van der Waals surface area (Å²) in [5.74, 6) is 1.37. The lowest BCUT2D eigenvalue weighted by Crippen LogP contribution is -2.35. The van der Waals surface area contributed by atoms with Crippen LogP contribution in [-0.2, 0) is 22.6 Å². The number of amides is 3. The zero-order chi connectivity index (χ0) is 23.0. The number of thioether (sulfide) groups is 1. The van der Waals surface area contributed by atoms with Crippen LogP contribution in [0.4, 0.5) is 10.5 Å². The standard InChI is InChI=1S/C23H32N6O3S/c1-17-9-11-28(12-10-17)15-20-26-27-23(29(20)14-19-8-5-13-32-19)33-16-21(30)25-22(31)24-18-6-3-2-4-7-18/h2-4,6-7,17,19H,5,8-16H2,1H3,(H2,24,25,30,31)/t19-/m1/s1. The number of urea groups is 1. The molecule has 0 radical (unpaired) electrons. The van der Waals surface area contributed by atoms with Crippen LogP contribution in [0.1, 0.15) is 38.4 Å². The van der Waals surface area contributed by atoms with Gasteiger partial charge in [0.2, 0.25) is 5.91 Å². The van der Waals surface area contributed by atoms with E-state index in [2.05, 4.69) is 37.2 Å². The Labute approximate surface area is 198 Å². The summed E-state index contributed by atoms with van der Waals surface area (Å²) in [4.78, 5) is 26.8. The maximum atomic E-state index is 12.3. The van der Waals surface area contributed by atoms with Crippen molar-refractivity contribution >= 4 is 29.4 Å². The first-order valence-corrected chi connectivity index (χ1v) is 12.6. The predicted molar refractivity (Wildman–Crippen MR) is 127 cm³/mol. The summed E-state index contributed by atoms with van der Waals surface area (Å²) >= 11 is 1.29. The van der Waals surface area contributed by atoms with Crippen LogP contribution in [0, 0.1) is 5.92 Å². The van der Waals surface area contributed by atoms with Crippen molar-refractivity contribution in [2.75, 3.05) is 30.8 Å². The Morgan fingerprint density at radius 3 is 2.67 bits per heavy atom. The minimum Gasteiger partial charge on any atom is -0.376 e. The van der Waals surface area contributed by atoms with Gasteiger partial charge in [-0.3, -0.25) is 15.0 Å². The van der Waals surface area contributed by atoms with E-state index in [1.165, 1.54) is 24.6 Å². The van der Waals surface area contributed by atoms with Crippen LogP contribution in [0.15, 0.2) is 35.5 Å². The van der Waals surface area contributed by atoms with Gasteiger partial charge in [-0.15, -0.1) is 10.2 Å². The minimum atomic E-state index is -0.548. The molecule has 2 aliphatic rings. The highest BCUT2D eigenvalue weighted by molar-refractivity contribution is 7.99. The minimum absolute atomic E-state index is 0.0765. The van der Waals surface area contributed by atoms with Crippen molar-refractivity contribution < 1.29 is 14.3 Å². The number of para-hydroxylation sites is 1. The number of rotatable bonds is 8. The largest absolute Gasteiger partial charge is 0.376 e. The highest BCUT2D eigenvalue weighted by Crippen LogP contribution is 2.23. The molecule has 0 aliphatic carbocycles. The van der Waals surface area contributed by atoms with E-state index < -0.39 is 6.03 Å². The predicted octanol–water partition coefficient (Wildman–Crippen LogP) is 3.13. The fourth-order valence-corrected chi connectivity index (χ4v) is 4.88. The number of ether oxygens (including phenoxy) is 1. The molecule has 178 valence electrons. The summed E-state index contributed by atoms with van der Waals surface area (Å²) in [5, 5.41) is 14.5. The van der Waals surface area contributed by atoms with Crippen LogP contribution in [0.25, 0.3) is 0 Å². The zero-order valence-corrected chi connectivity index (χ0v) is 19.9. The number of imide groups is 1. The molecule has 2 aromatic rings. The normalized spacial score (nSPS) is 19.5. The van der Waals surface area contributed by atoms with Crippen molar-refractivity contribution in [1.82, 2.24) is 25.0 Å². The van der Waals surface area contributed by atoms with E-state index in [9.17, 15) is 9.59 Å². The average molecular weight is 473 g/mol. The number of nitrogens with one attached hydrogen (secondary N) is 2. The number of benzene rings is 1. The van der Waals surface area contributed by atoms with Crippen molar-refractivity contribution in [3.05, 3.63) is 36.2 Å². The Kier molecular flexibility index (Phi) is 8.35. The summed E-state index contributed by atoms with van der Waals surface area (Å²) in [7, 11) is 0. The Hall–Kier alpha value is -2.43. The highest BCUT2D eigenvalue weighted by atomic mass is 32.2. The molecule has 9 nitrogen and oxygen atoms in total. The molecular weight excluding hydrogens is 440 g/mol. The molecule has 2 saturated heterocycles. The molecule has 4 rings (SSSR count). The maximum Gasteiger partial charge on any atom is 0.325 e. The first-order chi connectivity index (χ1) is 16.1. The lowest BCUT2D eigenvalue weighted by atomic mass is 9.99. The van der Waals surface area contributed by atoms with Crippen LogP contribution in [0.5, 0.6) is 0 Å². The number of hydrogen-bond acceptors (Lipinski definition) is 7. The summed E-state index contributed by atoms with van der Waals surface area (Å²) in [6.45, 7) is 6.65. The van der Waals surface area contributed by atoms with Gasteiger partial charge in [0.15, 0.2) is 5.16 Å². The Morgan fingerprint density at radius 1 is 1.15 bits per heavy atom. The van der Waals surface area contributed by atoms with Gasteiger partial charge in [-0.1, -0.05) is 36.9 Å². The molecule has 10 heteroatoms. The van der Waals surface area contributed by atoms with Gasteiger partial charge in [-0.25, -0.2) is 4.79 Å². The van der Waals surface area contributed by atoms with Crippen molar-refractivity contribution in [3.63, 3.8) is 0 Å². The molecule has 0 saturated carbocycles. The van der Waals surface area contributed by atoms with E-state index in [1.807, 2.05) is 18.2 Å². The second-order valence-electron chi connectivity index (χ2n) is 8.76. The van der Waals surface area contributed by atoms with Gasteiger partial charge in [0.1, 0.15) is 5.82 Å². The summed E-state index contributed by atoms with van der Waals surface area (Å²) in [5.41, 5.74) is 0.628. The Bertz CT molecular complexity index is 924. The lowest BCUT2D eigenvalue weighted by Gasteiger charge is -2.29. The van der Waals surface area contributed by atoms with Crippen LogP contribution < -0.4 is 10.6 Å². The van der Waals surface area contributed by atoms with E-state index in [0.717, 1.165) is 50.8 Å². The number of hydrogen-bond donors (Lipinski definition) is 2. The van der Waals surface area contributed by atoms with Gasteiger partial charge < -0.3 is 14.6 Å². The van der Waals surface area contributed by atoms with E-state index in [0.29, 0.717) is 17.4 Å². The number of carbonyl (C=O) groups is 2. The number of carbonyl (C=O) groups excluding carboxylic acids is 2. The molecule has 33 heavy (non-hydrogen) atoms. The van der Waals surface area contributed by atoms with E-state index in [-0.39, 0.29) is 17.8 Å². The first kappa shape index (κ1) is 23.7. The third-order valence-corrected chi connectivity index (χ3v) is 7.03. The lowest BCUT2D eigenvalue weighted by molar-refractivity contribution is -0.117. The molecule has 1 aromatic carbocycles. The molecule has 0 spiro atoms. The number of nitrogens with zero attached hydrogens (tertiary/aromatic N) is 4. The summed E-state index contributed by atoms with van der Waals surface area (Å²) in [6, 6.07) is 8.46. The third-order valence-electron chi connectivity index (χ3n) is 6.06. The summed E-state index contributed by atoms with van der Waals surface area (Å²) < 4.78 is 7.94. The number of aromatic nitrogens is 3. The highest BCUT2D eigenvalue weighted by Gasteiger charge is 2.24. The average Bonchev–Trinajstić information content (AvgIpc) is 3.45. The topological polar surface area (TPSA) is 101 Å². The monoisotopic (exact) mass is 472 g/mol. The molecule has 3 amide bonds. The van der Waals surface area contributed by atoms with Crippen molar-refractivity contribution in [2.45, 2.75) is 57.0 Å². The van der Waals surface area contributed by atoms with Crippen LogP contribution in [-0.4, -0.2) is 63.2 Å². The first-order valence-electron chi connectivity index (χ1n) is 11.6. The van der Waals surface area contributed by atoms with Crippen molar-refractivity contribution in [3.8, 4) is 0 Å². The molecular formula is C23H32N6O3S. The van der Waals surface area contributed by atoms with Crippen molar-refractivity contribution in [1.29, 1.82) is 0 Å². The number of anilines is 1. The van der Waals surface area contributed by atoms with E-state index in [1.54, 1.807) is 12.1 Å². The second-order valence-corrected chi connectivity index (χ2v) is 9.70. The van der Waals surface area contributed by atoms with Gasteiger partial charge in [-0.2, -0.15) is 0 Å². The van der Waals surface area contributed by atoms with Crippen molar-refractivity contribution in [2.24, 2.45) is 5.92 Å². The van der Waals surface area contributed by atoms with Crippen LogP contribution >= 0.6 is 11.8 Å². The van der Waals surface area contributed by atoms with Gasteiger partial charge >= 0.3 is 6.03 Å². The molecule has 3 heterocycles. The van der Waals surface area contributed by atoms with Gasteiger partial charge in [0.25, 0.3) is 0 Å². The van der Waals surface area contributed by atoms with Crippen LogP contribution in [0.3, 0.4) is 0 Å². The van der Waals surface area contributed by atoms with Gasteiger partial charge in [0, 0.05) is 12.3 Å². The molecule has 1 aromatic heterocycles. The Morgan fingerprint density at radius 2 is 1.94 bits per heavy atom. The number of piperidine rings is 1. The third kappa shape index (κ3) is 7.02. The molecule has 0 bridgehead atoms. The SMILES string of the molecule is CC1CCN(Cc2nnc(SCC(=O)NC(=O)Nc3ccccc3)n2C[C@H]2CCCO2)CC1. The fraction of sp³-hybridized carbons (Fsp3) is 0.565. The fourth-order valence-electron chi connectivity index (χ4n) is 4.11. The quantitative estimate of drug-likeness (QED) is 0.569. The van der Waals surface area contributed by atoms with Crippen LogP contribution in [0.2, 0.25) is 0 Å². The summed E-state index contributed by atoms with van der Waals surface area (Å²) in [6.07, 6.45) is 4.63. The molecule has 2 fully saturated rings. The maximum absolute atomic E-state index is 12.3. The molecule has 0 unspecified atom stereocenters. The number of likely N-dealkylation sites (tertiary alicyclic amines) is 1. The second kappa shape index (κ2) is 11.6. The van der Waals surface area contributed by atoms with E-state index in [4.69, 9.17) is 4.74 Å². The molecule has 2 aliphatic heterocycles. The Balaban J connectivity index is 1.34. The smallest absolute Gasteiger partial charge is 0.325 e. The molecule has 2 N–H and O–H groups in total. The van der Waals surface area contributed by atoms with Gasteiger partial charge in [-0.05, 0) is 56.8 Å². The zero-order valence-electron chi connectivity index (χ0n) is 19.0.